The third-order valence-corrected chi connectivity index (χ3v) is 7.00. The highest BCUT2D eigenvalue weighted by Gasteiger charge is 2.36. The molecule has 0 aromatic heterocycles. The van der Waals surface area contributed by atoms with Crippen LogP contribution in [0.3, 0.4) is 0 Å². The molecule has 0 radical (unpaired) electrons. The van der Waals surface area contributed by atoms with Gasteiger partial charge >= 0.3 is 0 Å². The van der Waals surface area contributed by atoms with Crippen molar-refractivity contribution in [3.05, 3.63) is 112 Å². The van der Waals surface area contributed by atoms with Crippen LogP contribution in [0.15, 0.2) is 77.9 Å². The Bertz CT molecular complexity index is 1480. The first-order valence-corrected chi connectivity index (χ1v) is 12.3. The highest BCUT2D eigenvalue weighted by molar-refractivity contribution is 6.39. The fourth-order valence-electron chi connectivity index (χ4n) is 5.15. The third-order valence-electron chi connectivity index (χ3n) is 7.00. The van der Waals surface area contributed by atoms with Crippen molar-refractivity contribution in [3.63, 3.8) is 0 Å². The summed E-state index contributed by atoms with van der Waals surface area (Å²) >= 11 is 0. The number of hydrogen-bond donors (Lipinski definition) is 0. The number of benzene rings is 3. The smallest absolute Gasteiger partial charge is 0.194 e. The highest BCUT2D eigenvalue weighted by Crippen LogP contribution is 2.49. The van der Waals surface area contributed by atoms with E-state index in [9.17, 15) is 13.6 Å². The van der Waals surface area contributed by atoms with Gasteiger partial charge in [0, 0.05) is 11.1 Å². The van der Waals surface area contributed by atoms with Gasteiger partial charge in [-0.1, -0.05) is 65.8 Å². The summed E-state index contributed by atoms with van der Waals surface area (Å²) in [6, 6.07) is 17.0. The summed E-state index contributed by atoms with van der Waals surface area (Å²) in [6.45, 7) is 12.8. The van der Waals surface area contributed by atoms with Crippen LogP contribution < -0.4 is 0 Å². The number of fused-ring (bicyclic) bond motifs is 3. The Morgan fingerprint density at radius 3 is 1.69 bits per heavy atom. The summed E-state index contributed by atoms with van der Waals surface area (Å²) in [4.78, 5) is 14.0. The number of halogens is 2. The molecule has 0 fully saturated rings. The molecule has 0 atom stereocenters. The van der Waals surface area contributed by atoms with Crippen LogP contribution in [0.1, 0.15) is 63.8 Å². The molecule has 0 N–H and O–H groups in total. The molecule has 182 valence electrons. The molecule has 1 nitrogen and oxygen atoms in total. The fraction of sp³-hybridized carbons (Fsp3) is 0.242. The molecule has 0 spiro atoms. The SMILES string of the molecule is CC(C)(C)C1=C(c2ccc(F)cc2)C(=O)C2=Cc3cc(-c4ccc(F)cc4)c(C(C)(C)C)cc3C2=C1. The molecule has 0 saturated carbocycles. The van der Waals surface area contributed by atoms with Gasteiger partial charge in [-0.05, 0) is 104 Å². The highest BCUT2D eigenvalue weighted by atomic mass is 19.1. The standard InChI is InChI=1S/C33H30F2O/c1-32(2,3)28-17-24-21(15-25(28)19-7-11-22(34)12-8-19)16-27-26(24)18-29(33(4,5)6)30(31(27)36)20-9-13-23(35)14-10-20/h7-18H,1-6H3. The van der Waals surface area contributed by atoms with E-state index in [1.165, 1.54) is 24.3 Å². The van der Waals surface area contributed by atoms with E-state index in [2.05, 4.69) is 59.8 Å². The number of rotatable bonds is 2. The van der Waals surface area contributed by atoms with Gasteiger partial charge in [0.1, 0.15) is 11.6 Å². The predicted octanol–water partition coefficient (Wildman–Crippen LogP) is 8.79. The Labute approximate surface area is 211 Å². The minimum atomic E-state index is -0.327. The maximum Gasteiger partial charge on any atom is 0.194 e. The van der Waals surface area contributed by atoms with E-state index in [0.717, 1.165) is 44.5 Å². The molecule has 0 saturated heterocycles. The molecule has 5 rings (SSSR count). The molecule has 0 aliphatic heterocycles. The summed E-state index contributed by atoms with van der Waals surface area (Å²) in [6.07, 6.45) is 4.10. The van der Waals surface area contributed by atoms with Crippen LogP contribution in [0.2, 0.25) is 0 Å². The molecule has 0 unspecified atom stereocenters. The van der Waals surface area contributed by atoms with Gasteiger partial charge in [0.05, 0.1) is 0 Å². The van der Waals surface area contributed by atoms with Crippen LogP contribution in [0.5, 0.6) is 0 Å². The number of ketones is 1. The molecule has 0 amide bonds. The van der Waals surface area contributed by atoms with Gasteiger partial charge in [0.15, 0.2) is 5.78 Å². The second-order valence-electron chi connectivity index (χ2n) is 11.7. The maximum atomic E-state index is 14.0. The number of carbonyl (C=O) groups excluding carboxylic acids is 1. The predicted molar refractivity (Wildman–Crippen MR) is 144 cm³/mol. The van der Waals surface area contributed by atoms with E-state index in [-0.39, 0.29) is 28.2 Å². The van der Waals surface area contributed by atoms with Crippen molar-refractivity contribution in [3.8, 4) is 11.1 Å². The van der Waals surface area contributed by atoms with E-state index in [1.807, 2.05) is 6.08 Å². The third kappa shape index (κ3) is 4.07. The number of allylic oxidation sites excluding steroid dienone is 5. The zero-order valence-corrected chi connectivity index (χ0v) is 21.6. The Morgan fingerprint density at radius 1 is 0.611 bits per heavy atom. The normalized spacial score (nSPS) is 15.5. The molecule has 2 aliphatic carbocycles. The van der Waals surface area contributed by atoms with Crippen molar-refractivity contribution in [2.75, 3.05) is 0 Å². The molecule has 0 heterocycles. The zero-order chi connectivity index (χ0) is 26.0. The second-order valence-corrected chi connectivity index (χ2v) is 11.7. The second kappa shape index (κ2) is 8.23. The topological polar surface area (TPSA) is 17.1 Å². The average Bonchev–Trinajstić information content (AvgIpc) is 3.16. The Morgan fingerprint density at radius 2 is 1.17 bits per heavy atom. The van der Waals surface area contributed by atoms with Crippen molar-refractivity contribution in [2.24, 2.45) is 5.41 Å². The van der Waals surface area contributed by atoms with Gasteiger partial charge in [-0.2, -0.15) is 0 Å². The lowest BCUT2D eigenvalue weighted by Gasteiger charge is -2.29. The molecule has 3 aromatic carbocycles. The maximum absolute atomic E-state index is 14.0. The minimum Gasteiger partial charge on any atom is -0.289 e. The van der Waals surface area contributed by atoms with E-state index in [0.29, 0.717) is 11.1 Å². The summed E-state index contributed by atoms with van der Waals surface area (Å²) in [5, 5.41) is 0. The summed E-state index contributed by atoms with van der Waals surface area (Å²) in [5.41, 5.74) is 8.56. The van der Waals surface area contributed by atoms with Crippen LogP contribution in [-0.2, 0) is 10.2 Å². The van der Waals surface area contributed by atoms with Crippen LogP contribution >= 0.6 is 0 Å². The van der Waals surface area contributed by atoms with E-state index >= 15 is 0 Å². The molecule has 3 heteroatoms. The van der Waals surface area contributed by atoms with E-state index in [1.54, 1.807) is 24.3 Å². The van der Waals surface area contributed by atoms with Gasteiger partial charge < -0.3 is 0 Å². The molecular weight excluding hydrogens is 450 g/mol. The Kier molecular flexibility index (Phi) is 5.51. The quantitative estimate of drug-likeness (QED) is 0.358. The minimum absolute atomic E-state index is 0.0409. The van der Waals surface area contributed by atoms with Gasteiger partial charge in [-0.3, -0.25) is 4.79 Å². The van der Waals surface area contributed by atoms with Crippen molar-refractivity contribution >= 4 is 23.0 Å². The van der Waals surface area contributed by atoms with E-state index < -0.39 is 0 Å². The molecular formula is C33H30F2O. The largest absolute Gasteiger partial charge is 0.289 e. The lowest BCUT2D eigenvalue weighted by atomic mass is 9.73. The molecule has 3 aromatic rings. The van der Waals surface area contributed by atoms with Crippen LogP contribution in [0.4, 0.5) is 8.78 Å². The number of carbonyl (C=O) groups is 1. The van der Waals surface area contributed by atoms with Crippen molar-refractivity contribution in [1.29, 1.82) is 0 Å². The monoisotopic (exact) mass is 480 g/mol. The lowest BCUT2D eigenvalue weighted by Crippen LogP contribution is -2.20. The first-order chi connectivity index (χ1) is 16.8. The fourth-order valence-corrected chi connectivity index (χ4v) is 5.15. The Hall–Kier alpha value is -3.59. The van der Waals surface area contributed by atoms with Crippen LogP contribution in [0, 0.1) is 17.0 Å². The Balaban J connectivity index is 1.74. The van der Waals surface area contributed by atoms with Crippen molar-refractivity contribution in [1.82, 2.24) is 0 Å². The van der Waals surface area contributed by atoms with Gasteiger partial charge in [0.2, 0.25) is 0 Å². The molecule has 2 aliphatic rings. The van der Waals surface area contributed by atoms with Gasteiger partial charge in [-0.15, -0.1) is 0 Å². The summed E-state index contributed by atoms with van der Waals surface area (Å²) in [7, 11) is 0. The first kappa shape index (κ1) is 24.1. The summed E-state index contributed by atoms with van der Waals surface area (Å²) in [5.74, 6) is -0.636. The van der Waals surface area contributed by atoms with Crippen molar-refractivity contribution in [2.45, 2.75) is 47.0 Å². The molecule has 0 bridgehead atoms. The first-order valence-electron chi connectivity index (χ1n) is 12.3. The number of hydrogen-bond acceptors (Lipinski definition) is 1. The average molecular weight is 481 g/mol. The lowest BCUT2D eigenvalue weighted by molar-refractivity contribution is -0.110. The van der Waals surface area contributed by atoms with Crippen LogP contribution in [0.25, 0.3) is 28.3 Å². The zero-order valence-electron chi connectivity index (χ0n) is 21.6. The molecule has 36 heavy (non-hydrogen) atoms. The van der Waals surface area contributed by atoms with Crippen LogP contribution in [-0.4, -0.2) is 5.78 Å². The summed E-state index contributed by atoms with van der Waals surface area (Å²) < 4.78 is 27.3. The van der Waals surface area contributed by atoms with Gasteiger partial charge in [0.25, 0.3) is 0 Å². The number of Topliss-reactive ketones (excluding diaryl/α,β-unsaturated/α-hetero) is 1. The van der Waals surface area contributed by atoms with Crippen molar-refractivity contribution < 1.29 is 13.6 Å². The van der Waals surface area contributed by atoms with E-state index in [4.69, 9.17) is 0 Å². The van der Waals surface area contributed by atoms with Gasteiger partial charge in [-0.25, -0.2) is 8.78 Å².